The fraction of sp³-hybridized carbons (Fsp3) is 0.0638. The molecule has 0 fully saturated rings. The van der Waals surface area contributed by atoms with E-state index in [1.807, 2.05) is 18.2 Å². The van der Waals surface area contributed by atoms with Gasteiger partial charge in [0.15, 0.2) is 11.6 Å². The van der Waals surface area contributed by atoms with Crippen molar-refractivity contribution in [2.45, 2.75) is 19.3 Å². The average Bonchev–Trinajstić information content (AvgIpc) is 3.39. The fourth-order valence-electron chi connectivity index (χ4n) is 7.99. The van der Waals surface area contributed by atoms with Gasteiger partial charge in [-0.05, 0) is 123 Å². The van der Waals surface area contributed by atoms with Crippen LogP contribution in [-0.2, 0) is 5.41 Å². The van der Waals surface area contributed by atoms with E-state index in [9.17, 15) is 18.4 Å². The molecule has 0 saturated heterocycles. The van der Waals surface area contributed by atoms with Crippen LogP contribution in [0.25, 0.3) is 39.1 Å². The largest absolute Gasteiger partial charge is 0.310 e. The van der Waals surface area contributed by atoms with Gasteiger partial charge in [0.1, 0.15) is 11.6 Å². The summed E-state index contributed by atoms with van der Waals surface area (Å²) in [6.45, 7) is 4.52. The molecule has 1 aliphatic heterocycles. The number of hydrogen-bond donors (Lipinski definition) is 0. The highest BCUT2D eigenvalue weighted by atomic mass is 19.1. The Balaban J connectivity index is 1.15. The summed E-state index contributed by atoms with van der Waals surface area (Å²) in [5.74, 6) is -1.50. The molecule has 7 aromatic rings. The molecule has 2 aliphatic rings. The molecule has 1 heterocycles. The van der Waals surface area contributed by atoms with E-state index in [1.54, 1.807) is 42.5 Å². The first-order valence-corrected chi connectivity index (χ1v) is 17.2. The highest BCUT2D eigenvalue weighted by Gasteiger charge is 2.38. The topological polar surface area (TPSA) is 37.4 Å². The third-order valence-electron chi connectivity index (χ3n) is 10.5. The average molecular weight is 680 g/mol. The van der Waals surface area contributed by atoms with Crippen LogP contribution in [0.4, 0.5) is 25.8 Å². The molecule has 52 heavy (non-hydrogen) atoms. The van der Waals surface area contributed by atoms with Crippen LogP contribution in [-0.4, -0.2) is 11.6 Å². The summed E-state index contributed by atoms with van der Waals surface area (Å²) in [7, 11) is 0. The third kappa shape index (κ3) is 4.92. The monoisotopic (exact) mass is 679 g/mol. The van der Waals surface area contributed by atoms with Crippen LogP contribution >= 0.6 is 0 Å². The molecule has 0 aromatic heterocycles. The first kappa shape index (κ1) is 31.5. The Morgan fingerprint density at radius 3 is 1.75 bits per heavy atom. The number of nitrogens with zero attached hydrogens (tertiary/aromatic N) is 1. The number of allylic oxidation sites excluding steroid dienone is 1. The predicted octanol–water partition coefficient (Wildman–Crippen LogP) is 12.0. The normalized spacial score (nSPS) is 14.3. The van der Waals surface area contributed by atoms with Gasteiger partial charge in [-0.2, -0.15) is 0 Å². The first-order valence-electron chi connectivity index (χ1n) is 17.2. The molecule has 0 radical (unpaired) electrons. The van der Waals surface area contributed by atoms with E-state index in [-0.39, 0.29) is 45.3 Å². The number of fused-ring (bicyclic) bond motifs is 5. The fourth-order valence-corrected chi connectivity index (χ4v) is 7.99. The van der Waals surface area contributed by atoms with Gasteiger partial charge in [-0.3, -0.25) is 9.59 Å². The third-order valence-corrected chi connectivity index (χ3v) is 10.5. The number of benzene rings is 7. The maximum atomic E-state index is 14.0. The number of rotatable bonds is 4. The molecule has 0 amide bonds. The van der Waals surface area contributed by atoms with Crippen LogP contribution in [0.1, 0.15) is 51.3 Å². The van der Waals surface area contributed by atoms with Crippen LogP contribution < -0.4 is 4.90 Å². The number of ketones is 2. The van der Waals surface area contributed by atoms with E-state index in [4.69, 9.17) is 0 Å². The molecule has 0 saturated carbocycles. The Morgan fingerprint density at radius 1 is 0.558 bits per heavy atom. The lowest BCUT2D eigenvalue weighted by Gasteiger charge is -2.42. The summed E-state index contributed by atoms with van der Waals surface area (Å²) in [5, 5.41) is 2.10. The van der Waals surface area contributed by atoms with Crippen molar-refractivity contribution in [3.05, 3.63) is 191 Å². The smallest absolute Gasteiger partial charge is 0.197 e. The molecule has 0 atom stereocenters. The van der Waals surface area contributed by atoms with Crippen molar-refractivity contribution in [1.82, 2.24) is 0 Å². The van der Waals surface area contributed by atoms with Gasteiger partial charge < -0.3 is 4.90 Å². The SMILES string of the molecule is CC1(C)c2ccccc2N(c2ccccc2)c2ccc3cc(C=C4C(=O)c5cc(-c6ccc(F)cc6)c(-c6ccc(F)cc6)cc5C4=O)ccc3c21. The summed E-state index contributed by atoms with van der Waals surface area (Å²) in [6, 6.07) is 44.6. The molecule has 0 unspecified atom stereocenters. The zero-order valence-corrected chi connectivity index (χ0v) is 28.5. The minimum absolute atomic E-state index is 0.0816. The maximum absolute atomic E-state index is 14.0. The van der Waals surface area contributed by atoms with E-state index in [1.165, 1.54) is 35.4 Å². The quantitative estimate of drug-likeness (QED) is 0.137. The van der Waals surface area contributed by atoms with Crippen molar-refractivity contribution in [2.24, 2.45) is 0 Å². The molecule has 3 nitrogen and oxygen atoms in total. The van der Waals surface area contributed by atoms with Gasteiger partial charge >= 0.3 is 0 Å². The number of hydrogen-bond acceptors (Lipinski definition) is 3. The number of anilines is 3. The Hall–Kier alpha value is -6.46. The Kier molecular flexibility index (Phi) is 7.16. The number of carbonyl (C=O) groups is 2. The first-order chi connectivity index (χ1) is 25.2. The van der Waals surface area contributed by atoms with Gasteiger partial charge in [-0.15, -0.1) is 0 Å². The molecule has 0 spiro atoms. The zero-order valence-electron chi connectivity index (χ0n) is 28.5. The molecular weight excluding hydrogens is 649 g/mol. The highest BCUT2D eigenvalue weighted by molar-refractivity contribution is 6.41. The lowest BCUT2D eigenvalue weighted by Crippen LogP contribution is -2.30. The lowest BCUT2D eigenvalue weighted by atomic mass is 9.71. The van der Waals surface area contributed by atoms with Crippen molar-refractivity contribution in [2.75, 3.05) is 4.90 Å². The predicted molar refractivity (Wildman–Crippen MR) is 205 cm³/mol. The number of halogens is 2. The number of para-hydroxylation sites is 2. The van der Waals surface area contributed by atoms with Crippen molar-refractivity contribution < 1.29 is 18.4 Å². The van der Waals surface area contributed by atoms with Gasteiger partial charge in [-0.25, -0.2) is 8.78 Å². The van der Waals surface area contributed by atoms with Crippen LogP contribution in [0.15, 0.2) is 151 Å². The minimum atomic E-state index is -0.387. The summed E-state index contributed by atoms with van der Waals surface area (Å²) in [4.78, 5) is 30.2. The van der Waals surface area contributed by atoms with E-state index in [0.717, 1.165) is 33.4 Å². The maximum Gasteiger partial charge on any atom is 0.197 e. The van der Waals surface area contributed by atoms with Crippen LogP contribution in [0.2, 0.25) is 0 Å². The minimum Gasteiger partial charge on any atom is -0.310 e. The van der Waals surface area contributed by atoms with E-state index < -0.39 is 0 Å². The van der Waals surface area contributed by atoms with E-state index in [2.05, 4.69) is 85.5 Å². The Bertz CT molecular complexity index is 2550. The van der Waals surface area contributed by atoms with Gasteiger partial charge in [0.05, 0.1) is 16.9 Å². The second kappa shape index (κ2) is 11.8. The van der Waals surface area contributed by atoms with Gasteiger partial charge in [0, 0.05) is 22.2 Å². The zero-order chi connectivity index (χ0) is 35.7. The molecule has 0 N–H and O–H groups in total. The molecule has 0 bridgehead atoms. The highest BCUT2D eigenvalue weighted by Crippen LogP contribution is 2.54. The van der Waals surface area contributed by atoms with Crippen molar-refractivity contribution in [3.63, 3.8) is 0 Å². The standard InChI is InChI=1S/C47H31F2NO2/c1-47(2)41-10-6-7-11-42(41)50(34-8-4-3-5-9-34)43-23-17-31-24-28(12-22-35(31)44(43)47)25-40-45(51)38-26-36(29-13-18-32(48)19-14-29)37(27-39(38)46(40)52)30-15-20-33(49)21-16-30/h3-27H,1-2H3. The van der Waals surface area contributed by atoms with Crippen molar-refractivity contribution >= 4 is 45.5 Å². The molecular formula is C47H31F2NO2. The summed E-state index contributed by atoms with van der Waals surface area (Å²) < 4.78 is 27.8. The van der Waals surface area contributed by atoms with E-state index >= 15 is 0 Å². The van der Waals surface area contributed by atoms with Gasteiger partial charge in [0.2, 0.25) is 0 Å². The van der Waals surface area contributed by atoms with Crippen molar-refractivity contribution in [1.29, 1.82) is 0 Å². The Morgan fingerprint density at radius 2 is 1.13 bits per heavy atom. The van der Waals surface area contributed by atoms with Crippen LogP contribution in [0.5, 0.6) is 0 Å². The summed E-state index contributed by atoms with van der Waals surface area (Å²) >= 11 is 0. The van der Waals surface area contributed by atoms with Gasteiger partial charge in [-0.1, -0.05) is 92.7 Å². The second-order valence-corrected chi connectivity index (χ2v) is 13.9. The molecule has 9 rings (SSSR count). The Labute approximate surface area is 300 Å². The van der Waals surface area contributed by atoms with Crippen molar-refractivity contribution in [3.8, 4) is 22.3 Å². The number of carbonyl (C=O) groups excluding carboxylic acids is 2. The van der Waals surface area contributed by atoms with Crippen LogP contribution in [0, 0.1) is 11.6 Å². The second-order valence-electron chi connectivity index (χ2n) is 13.9. The molecule has 1 aliphatic carbocycles. The lowest BCUT2D eigenvalue weighted by molar-refractivity contribution is 0.0990. The molecule has 7 aromatic carbocycles. The molecule has 250 valence electrons. The molecule has 5 heteroatoms. The number of Topliss-reactive ketones (excluding diaryl/α,β-unsaturated/α-hetero) is 2. The van der Waals surface area contributed by atoms with E-state index in [0.29, 0.717) is 22.3 Å². The van der Waals surface area contributed by atoms with Gasteiger partial charge in [0.25, 0.3) is 0 Å². The summed E-state index contributed by atoms with van der Waals surface area (Å²) in [6.07, 6.45) is 1.68. The summed E-state index contributed by atoms with van der Waals surface area (Å²) in [5.41, 5.74) is 9.51. The van der Waals surface area contributed by atoms with Crippen LogP contribution in [0.3, 0.4) is 0 Å².